The van der Waals surface area contributed by atoms with Crippen LogP contribution in [-0.2, 0) is 14.3 Å². The standard InChI is InChI=1S/C20H25N3O5/c1-20(17(25)13-4-2-3-5-14(13)21)15(18(26)22-6-8-28-9-7-22)16(20)19(27)23-10-12(24)11-23/h2-5,12,15-16,24H,6-11,21H2,1H3/t15-,16+,20+/m0/s1. The van der Waals surface area contributed by atoms with E-state index in [-0.39, 0.29) is 30.7 Å². The molecule has 0 bridgehead atoms. The minimum absolute atomic E-state index is 0.187. The first-order valence-corrected chi connectivity index (χ1v) is 9.58. The number of para-hydroxylation sites is 1. The van der Waals surface area contributed by atoms with Gasteiger partial charge in [-0.1, -0.05) is 19.1 Å². The van der Waals surface area contributed by atoms with Crippen molar-refractivity contribution in [2.24, 2.45) is 17.3 Å². The van der Waals surface area contributed by atoms with Gasteiger partial charge in [-0.2, -0.15) is 0 Å². The second-order valence-corrected chi connectivity index (χ2v) is 7.99. The molecule has 0 spiro atoms. The second-order valence-electron chi connectivity index (χ2n) is 7.99. The number of rotatable bonds is 4. The second kappa shape index (κ2) is 6.86. The Bertz CT molecular complexity index is 816. The first kappa shape index (κ1) is 18.9. The Morgan fingerprint density at radius 1 is 1.07 bits per heavy atom. The van der Waals surface area contributed by atoms with E-state index in [2.05, 4.69) is 0 Å². The number of nitrogens with two attached hydrogens (primary N) is 1. The van der Waals surface area contributed by atoms with Gasteiger partial charge in [-0.05, 0) is 12.1 Å². The highest BCUT2D eigenvalue weighted by Crippen LogP contribution is 2.62. The molecule has 2 saturated heterocycles. The van der Waals surface area contributed by atoms with Gasteiger partial charge >= 0.3 is 0 Å². The Morgan fingerprint density at radius 3 is 2.21 bits per heavy atom. The molecule has 3 atom stereocenters. The van der Waals surface area contributed by atoms with E-state index in [9.17, 15) is 19.5 Å². The first-order chi connectivity index (χ1) is 13.4. The molecule has 4 rings (SSSR count). The summed E-state index contributed by atoms with van der Waals surface area (Å²) in [5, 5.41) is 9.54. The maximum absolute atomic E-state index is 13.4. The molecule has 150 valence electrons. The molecular formula is C20H25N3O5. The van der Waals surface area contributed by atoms with Crippen LogP contribution in [0.15, 0.2) is 24.3 Å². The van der Waals surface area contributed by atoms with Gasteiger partial charge in [0, 0.05) is 37.4 Å². The first-order valence-electron chi connectivity index (χ1n) is 9.58. The lowest BCUT2D eigenvalue weighted by molar-refractivity contribution is -0.146. The van der Waals surface area contributed by atoms with Gasteiger partial charge in [-0.15, -0.1) is 0 Å². The minimum atomic E-state index is -1.14. The average Bonchev–Trinajstić information content (AvgIpc) is 3.32. The number of nitrogen functional groups attached to an aromatic ring is 1. The maximum Gasteiger partial charge on any atom is 0.227 e. The number of carbonyl (C=O) groups excluding carboxylic acids is 3. The van der Waals surface area contributed by atoms with Gasteiger partial charge in [-0.3, -0.25) is 14.4 Å². The molecule has 0 aromatic heterocycles. The lowest BCUT2D eigenvalue weighted by atomic mass is 9.91. The van der Waals surface area contributed by atoms with Gasteiger partial charge in [0.25, 0.3) is 0 Å². The molecule has 0 radical (unpaired) electrons. The van der Waals surface area contributed by atoms with Crippen LogP contribution in [0.25, 0.3) is 0 Å². The summed E-state index contributed by atoms with van der Waals surface area (Å²) in [6.45, 7) is 3.98. The van der Waals surface area contributed by atoms with Crippen molar-refractivity contribution in [3.8, 4) is 0 Å². The molecule has 8 heteroatoms. The SMILES string of the molecule is C[C@@]1(C(=O)c2ccccc2N)[C@H](C(=O)N2CCOCC2)[C@@H]1C(=O)N1CC(O)C1. The summed E-state index contributed by atoms with van der Waals surface area (Å²) in [5.74, 6) is -2.17. The smallest absolute Gasteiger partial charge is 0.227 e. The zero-order valence-electron chi connectivity index (χ0n) is 15.8. The van der Waals surface area contributed by atoms with Crippen molar-refractivity contribution in [2.45, 2.75) is 13.0 Å². The van der Waals surface area contributed by atoms with Crippen LogP contribution < -0.4 is 5.73 Å². The van der Waals surface area contributed by atoms with E-state index in [1.165, 1.54) is 4.90 Å². The zero-order chi connectivity index (χ0) is 20.1. The third-order valence-electron chi connectivity index (χ3n) is 6.24. The molecule has 0 unspecified atom stereocenters. The number of hydrogen-bond acceptors (Lipinski definition) is 6. The Kier molecular flexibility index (Phi) is 4.63. The van der Waals surface area contributed by atoms with Crippen LogP contribution in [0.5, 0.6) is 0 Å². The highest BCUT2D eigenvalue weighted by molar-refractivity contribution is 6.14. The van der Waals surface area contributed by atoms with E-state index in [0.29, 0.717) is 37.6 Å². The van der Waals surface area contributed by atoms with Crippen LogP contribution in [0.2, 0.25) is 0 Å². The molecule has 2 amide bonds. The summed E-state index contributed by atoms with van der Waals surface area (Å²) in [4.78, 5) is 42.7. The Balaban J connectivity index is 1.63. The molecule has 8 nitrogen and oxygen atoms in total. The number of amides is 2. The van der Waals surface area contributed by atoms with Crippen molar-refractivity contribution >= 4 is 23.3 Å². The van der Waals surface area contributed by atoms with Crippen LogP contribution in [0.3, 0.4) is 0 Å². The van der Waals surface area contributed by atoms with Crippen molar-refractivity contribution in [2.75, 3.05) is 45.1 Å². The van der Waals surface area contributed by atoms with Crippen molar-refractivity contribution in [1.82, 2.24) is 9.80 Å². The molecule has 3 fully saturated rings. The Hall–Kier alpha value is -2.45. The molecule has 3 N–H and O–H groups in total. The number of carbonyl (C=O) groups is 3. The zero-order valence-corrected chi connectivity index (χ0v) is 15.8. The third-order valence-corrected chi connectivity index (χ3v) is 6.24. The Labute approximate surface area is 163 Å². The molecule has 1 aromatic carbocycles. The monoisotopic (exact) mass is 387 g/mol. The number of β-amino-alcohol motifs (C(OH)–C–C–N with tert-alkyl or cyclic N) is 1. The minimum Gasteiger partial charge on any atom is -0.398 e. The molecule has 28 heavy (non-hydrogen) atoms. The van der Waals surface area contributed by atoms with E-state index in [1.807, 2.05) is 0 Å². The number of ketones is 1. The summed E-state index contributed by atoms with van der Waals surface area (Å²) in [5.41, 5.74) is 5.52. The summed E-state index contributed by atoms with van der Waals surface area (Å²) in [6, 6.07) is 6.73. The molecule has 1 aliphatic carbocycles. The van der Waals surface area contributed by atoms with Crippen molar-refractivity contribution < 1.29 is 24.2 Å². The number of ether oxygens (including phenoxy) is 1. The number of nitrogens with zero attached hydrogens (tertiary/aromatic N) is 2. The topological polar surface area (TPSA) is 113 Å². The normalized spacial score (nSPS) is 29.9. The molecule has 3 aliphatic rings. The largest absolute Gasteiger partial charge is 0.398 e. The number of likely N-dealkylation sites (tertiary alicyclic amines) is 1. The summed E-state index contributed by atoms with van der Waals surface area (Å²) < 4.78 is 5.31. The van der Waals surface area contributed by atoms with Crippen molar-refractivity contribution in [3.63, 3.8) is 0 Å². The van der Waals surface area contributed by atoms with Gasteiger partial charge < -0.3 is 25.4 Å². The molecule has 2 heterocycles. The lowest BCUT2D eigenvalue weighted by Crippen LogP contribution is -2.54. The van der Waals surface area contributed by atoms with Gasteiger partial charge in [0.15, 0.2) is 5.78 Å². The van der Waals surface area contributed by atoms with E-state index >= 15 is 0 Å². The van der Waals surface area contributed by atoms with Gasteiger partial charge in [0.1, 0.15) is 0 Å². The number of anilines is 1. The third kappa shape index (κ3) is 2.87. The highest BCUT2D eigenvalue weighted by Gasteiger charge is 2.73. The predicted molar refractivity (Wildman–Crippen MR) is 100 cm³/mol. The molecule has 2 aliphatic heterocycles. The van der Waals surface area contributed by atoms with E-state index in [0.717, 1.165) is 0 Å². The summed E-state index contributed by atoms with van der Waals surface area (Å²) in [7, 11) is 0. The average molecular weight is 387 g/mol. The van der Waals surface area contributed by atoms with Crippen LogP contribution in [-0.4, -0.2) is 78.0 Å². The van der Waals surface area contributed by atoms with Crippen molar-refractivity contribution in [1.29, 1.82) is 0 Å². The molecule has 1 saturated carbocycles. The molecular weight excluding hydrogens is 362 g/mol. The van der Waals surface area contributed by atoms with Crippen LogP contribution in [0.4, 0.5) is 5.69 Å². The Morgan fingerprint density at radius 2 is 1.64 bits per heavy atom. The van der Waals surface area contributed by atoms with Gasteiger partial charge in [-0.25, -0.2) is 0 Å². The quantitative estimate of drug-likeness (QED) is 0.545. The summed E-state index contributed by atoms with van der Waals surface area (Å²) >= 11 is 0. The number of aliphatic hydroxyl groups is 1. The lowest BCUT2D eigenvalue weighted by Gasteiger charge is -2.36. The number of Topliss-reactive ketones (excluding diaryl/α,β-unsaturated/α-hetero) is 1. The number of hydrogen-bond donors (Lipinski definition) is 2. The fraction of sp³-hybridized carbons (Fsp3) is 0.550. The highest BCUT2D eigenvalue weighted by atomic mass is 16.5. The number of benzene rings is 1. The van der Waals surface area contributed by atoms with Crippen LogP contribution in [0, 0.1) is 17.3 Å². The van der Waals surface area contributed by atoms with Crippen molar-refractivity contribution in [3.05, 3.63) is 29.8 Å². The maximum atomic E-state index is 13.4. The van der Waals surface area contributed by atoms with E-state index < -0.39 is 23.4 Å². The number of aliphatic hydroxyl groups excluding tert-OH is 1. The van der Waals surface area contributed by atoms with Gasteiger partial charge in [0.2, 0.25) is 11.8 Å². The fourth-order valence-electron chi connectivity index (χ4n) is 4.40. The van der Waals surface area contributed by atoms with E-state index in [4.69, 9.17) is 10.5 Å². The summed E-state index contributed by atoms with van der Waals surface area (Å²) in [6.07, 6.45) is -0.539. The van der Waals surface area contributed by atoms with Crippen LogP contribution in [0.1, 0.15) is 17.3 Å². The molecule has 1 aromatic rings. The fourth-order valence-corrected chi connectivity index (χ4v) is 4.40. The van der Waals surface area contributed by atoms with Crippen LogP contribution >= 0.6 is 0 Å². The predicted octanol–water partition coefficient (Wildman–Crippen LogP) is -0.234. The number of morpholine rings is 1. The van der Waals surface area contributed by atoms with Gasteiger partial charge in [0.05, 0.1) is 36.6 Å². The van der Waals surface area contributed by atoms with E-state index in [1.54, 1.807) is 36.1 Å².